The summed E-state index contributed by atoms with van der Waals surface area (Å²) in [6, 6.07) is 9.47. The van der Waals surface area contributed by atoms with Crippen molar-refractivity contribution < 1.29 is 4.42 Å². The fourth-order valence-corrected chi connectivity index (χ4v) is 1.41. The van der Waals surface area contributed by atoms with Crippen LogP contribution in [0.2, 0.25) is 0 Å². The Balaban J connectivity index is 2.21. The third kappa shape index (κ3) is 1.36. The minimum Gasteiger partial charge on any atom is -0.436 e. The van der Waals surface area contributed by atoms with Crippen LogP contribution >= 0.6 is 0 Å². The number of nitrogens with zero attached hydrogens (tertiary/aromatic N) is 3. The molecule has 72 valence electrons. The van der Waals surface area contributed by atoms with E-state index in [4.69, 9.17) is 4.42 Å². The van der Waals surface area contributed by atoms with Gasteiger partial charge in [-0.05, 0) is 18.2 Å². The van der Waals surface area contributed by atoms with E-state index in [0.29, 0.717) is 5.89 Å². The van der Waals surface area contributed by atoms with Crippen LogP contribution in [0.3, 0.4) is 0 Å². The molecule has 0 radical (unpaired) electrons. The van der Waals surface area contributed by atoms with Crippen molar-refractivity contribution in [3.63, 3.8) is 0 Å². The molecule has 2 heterocycles. The van der Waals surface area contributed by atoms with E-state index < -0.39 is 0 Å². The predicted octanol–water partition coefficient (Wildman–Crippen LogP) is 2.28. The van der Waals surface area contributed by atoms with Crippen molar-refractivity contribution >= 4 is 11.1 Å². The summed E-state index contributed by atoms with van der Waals surface area (Å²) in [5.74, 6) is 0.575. The van der Waals surface area contributed by atoms with Gasteiger partial charge in [-0.15, -0.1) is 0 Å². The molecule has 0 fully saturated rings. The summed E-state index contributed by atoms with van der Waals surface area (Å²) in [7, 11) is 0. The average Bonchev–Trinajstić information content (AvgIpc) is 2.74. The second-order valence-electron chi connectivity index (χ2n) is 3.12. The minimum atomic E-state index is 0.575. The van der Waals surface area contributed by atoms with Gasteiger partial charge in [0.2, 0.25) is 5.89 Å². The second kappa shape index (κ2) is 3.16. The lowest BCUT2D eigenvalue weighted by molar-refractivity contribution is 0.619. The van der Waals surface area contributed by atoms with Crippen molar-refractivity contribution in [2.75, 3.05) is 0 Å². The lowest BCUT2D eigenvalue weighted by Crippen LogP contribution is -1.81. The molecule has 0 saturated heterocycles. The monoisotopic (exact) mass is 197 g/mol. The maximum Gasteiger partial charge on any atom is 0.228 e. The molecule has 3 aromatic rings. The highest BCUT2D eigenvalue weighted by Crippen LogP contribution is 2.22. The minimum absolute atomic E-state index is 0.575. The normalized spacial score (nSPS) is 10.7. The van der Waals surface area contributed by atoms with Gasteiger partial charge >= 0.3 is 0 Å². The third-order valence-corrected chi connectivity index (χ3v) is 2.13. The first-order valence-corrected chi connectivity index (χ1v) is 4.56. The van der Waals surface area contributed by atoms with E-state index in [2.05, 4.69) is 15.2 Å². The zero-order chi connectivity index (χ0) is 10.1. The molecule has 4 heteroatoms. The molecule has 0 spiro atoms. The first-order valence-electron chi connectivity index (χ1n) is 4.56. The van der Waals surface area contributed by atoms with Gasteiger partial charge in [-0.25, -0.2) is 4.98 Å². The highest BCUT2D eigenvalue weighted by atomic mass is 16.3. The van der Waals surface area contributed by atoms with Gasteiger partial charge in [0.25, 0.3) is 0 Å². The summed E-state index contributed by atoms with van der Waals surface area (Å²) in [5, 5.41) is 7.49. The largest absolute Gasteiger partial charge is 0.436 e. The highest BCUT2D eigenvalue weighted by Gasteiger charge is 2.06. The average molecular weight is 197 g/mol. The molecule has 15 heavy (non-hydrogen) atoms. The molecule has 0 aliphatic heterocycles. The van der Waals surface area contributed by atoms with E-state index in [1.807, 2.05) is 30.3 Å². The summed E-state index contributed by atoms with van der Waals surface area (Å²) in [6.45, 7) is 0. The molecule has 0 aliphatic carbocycles. The van der Waals surface area contributed by atoms with Gasteiger partial charge in [0, 0.05) is 0 Å². The Labute approximate surface area is 85.6 Å². The topological polar surface area (TPSA) is 51.8 Å². The van der Waals surface area contributed by atoms with Crippen molar-refractivity contribution in [3.8, 4) is 11.5 Å². The summed E-state index contributed by atoms with van der Waals surface area (Å²) < 4.78 is 5.58. The first-order chi connectivity index (χ1) is 7.43. The molecule has 0 saturated carbocycles. The maximum absolute atomic E-state index is 5.58. The number of fused-ring (bicyclic) bond motifs is 1. The summed E-state index contributed by atoms with van der Waals surface area (Å²) in [4.78, 5) is 4.35. The van der Waals surface area contributed by atoms with Crippen LogP contribution in [0, 0.1) is 0 Å². The Hall–Kier alpha value is -2.23. The molecule has 1 aromatic carbocycles. The number of rotatable bonds is 1. The van der Waals surface area contributed by atoms with Gasteiger partial charge in [-0.2, -0.15) is 10.2 Å². The van der Waals surface area contributed by atoms with Gasteiger partial charge < -0.3 is 4.42 Å². The Morgan fingerprint density at radius 3 is 2.73 bits per heavy atom. The Bertz CT molecular complexity index is 556. The standard InChI is InChI=1S/C11H7N3O/c1-2-4-10-9(3-1)14-11(15-10)8-5-6-12-13-7-8/h1-7H. The molecular weight excluding hydrogens is 190 g/mol. The van der Waals surface area contributed by atoms with Crippen molar-refractivity contribution in [1.29, 1.82) is 0 Å². The lowest BCUT2D eigenvalue weighted by atomic mass is 10.3. The van der Waals surface area contributed by atoms with Gasteiger partial charge in [0.05, 0.1) is 18.0 Å². The van der Waals surface area contributed by atoms with Crippen LogP contribution in [0.15, 0.2) is 47.1 Å². The molecule has 0 amide bonds. The van der Waals surface area contributed by atoms with Crippen molar-refractivity contribution in [2.24, 2.45) is 0 Å². The number of hydrogen-bond acceptors (Lipinski definition) is 4. The molecule has 0 atom stereocenters. The molecule has 0 aliphatic rings. The lowest BCUT2D eigenvalue weighted by Gasteiger charge is -1.90. The summed E-state index contributed by atoms with van der Waals surface area (Å²) in [5.41, 5.74) is 2.47. The smallest absolute Gasteiger partial charge is 0.228 e. The number of para-hydroxylation sites is 2. The Morgan fingerprint density at radius 2 is 1.93 bits per heavy atom. The van der Waals surface area contributed by atoms with Crippen LogP contribution in [0.25, 0.3) is 22.6 Å². The van der Waals surface area contributed by atoms with E-state index in [-0.39, 0.29) is 0 Å². The van der Waals surface area contributed by atoms with Gasteiger partial charge in [-0.1, -0.05) is 12.1 Å². The Morgan fingerprint density at radius 1 is 1.00 bits per heavy atom. The number of oxazole rings is 1. The van der Waals surface area contributed by atoms with E-state index in [1.54, 1.807) is 12.4 Å². The first kappa shape index (κ1) is 8.11. The number of hydrogen-bond donors (Lipinski definition) is 0. The van der Waals surface area contributed by atoms with Gasteiger partial charge in [-0.3, -0.25) is 0 Å². The van der Waals surface area contributed by atoms with E-state index in [1.165, 1.54) is 0 Å². The molecular formula is C11H7N3O. The van der Waals surface area contributed by atoms with E-state index >= 15 is 0 Å². The third-order valence-electron chi connectivity index (χ3n) is 2.13. The predicted molar refractivity (Wildman–Crippen MR) is 55.0 cm³/mol. The van der Waals surface area contributed by atoms with Gasteiger partial charge in [0.15, 0.2) is 5.58 Å². The van der Waals surface area contributed by atoms with Crippen molar-refractivity contribution in [2.45, 2.75) is 0 Å². The van der Waals surface area contributed by atoms with Crippen LogP contribution < -0.4 is 0 Å². The zero-order valence-electron chi connectivity index (χ0n) is 7.79. The highest BCUT2D eigenvalue weighted by molar-refractivity contribution is 5.75. The fourth-order valence-electron chi connectivity index (χ4n) is 1.41. The van der Waals surface area contributed by atoms with E-state index in [0.717, 1.165) is 16.7 Å². The van der Waals surface area contributed by atoms with Gasteiger partial charge in [0.1, 0.15) is 5.52 Å². The molecule has 4 nitrogen and oxygen atoms in total. The van der Waals surface area contributed by atoms with Crippen LogP contribution in [0.4, 0.5) is 0 Å². The van der Waals surface area contributed by atoms with Crippen molar-refractivity contribution in [3.05, 3.63) is 42.7 Å². The molecule has 0 N–H and O–H groups in total. The van der Waals surface area contributed by atoms with Crippen LogP contribution in [0.1, 0.15) is 0 Å². The molecule has 3 rings (SSSR count). The quantitative estimate of drug-likeness (QED) is 0.600. The fraction of sp³-hybridized carbons (Fsp3) is 0. The van der Waals surface area contributed by atoms with Crippen molar-refractivity contribution in [1.82, 2.24) is 15.2 Å². The number of aromatic nitrogens is 3. The SMILES string of the molecule is c1ccc2oc(-c3ccnnc3)nc2c1. The Kier molecular flexibility index (Phi) is 1.71. The second-order valence-corrected chi connectivity index (χ2v) is 3.12. The zero-order valence-corrected chi connectivity index (χ0v) is 7.79. The van der Waals surface area contributed by atoms with Crippen LogP contribution in [0.5, 0.6) is 0 Å². The summed E-state index contributed by atoms with van der Waals surface area (Å²) >= 11 is 0. The maximum atomic E-state index is 5.58. The van der Waals surface area contributed by atoms with E-state index in [9.17, 15) is 0 Å². The molecule has 0 bridgehead atoms. The summed E-state index contributed by atoms with van der Waals surface area (Å²) in [6.07, 6.45) is 3.24. The van der Waals surface area contributed by atoms with Crippen LogP contribution in [-0.4, -0.2) is 15.2 Å². The number of benzene rings is 1. The van der Waals surface area contributed by atoms with Crippen LogP contribution in [-0.2, 0) is 0 Å². The molecule has 0 unspecified atom stereocenters. The molecule has 2 aromatic heterocycles.